The maximum atomic E-state index is 9.91. The van der Waals surface area contributed by atoms with Crippen LogP contribution in [0.25, 0.3) is 0 Å². The Morgan fingerprint density at radius 2 is 1.21 bits per heavy atom. The predicted molar refractivity (Wildman–Crippen MR) is 61.5 cm³/mol. The molecule has 0 aromatic carbocycles. The van der Waals surface area contributed by atoms with Crippen LogP contribution in [0.3, 0.4) is 0 Å². The van der Waals surface area contributed by atoms with Gasteiger partial charge in [0, 0.05) is 12.1 Å². The van der Waals surface area contributed by atoms with Crippen molar-refractivity contribution in [3.05, 3.63) is 0 Å². The van der Waals surface area contributed by atoms with E-state index in [-0.39, 0.29) is 4.90 Å². The van der Waals surface area contributed by atoms with Crippen LogP contribution >= 0.6 is 0 Å². The number of rotatable bonds is 2. The summed E-state index contributed by atoms with van der Waals surface area (Å²) in [6.45, 7) is 5.52. The molecular formula is C10H22N2O7. The lowest BCUT2D eigenvalue weighted by Gasteiger charge is -2.60. The summed E-state index contributed by atoms with van der Waals surface area (Å²) in [5.74, 6) is -9.80. The summed E-state index contributed by atoms with van der Waals surface area (Å²) in [5, 5.41) is 69.4. The Kier molecular flexibility index (Phi) is 4.03. The Labute approximate surface area is 110 Å². The first-order valence-corrected chi connectivity index (χ1v) is 5.89. The Morgan fingerprint density at radius 3 is 1.53 bits per heavy atom. The van der Waals surface area contributed by atoms with E-state index in [9.17, 15) is 35.7 Å². The van der Waals surface area contributed by atoms with E-state index >= 15 is 0 Å². The first-order valence-electron chi connectivity index (χ1n) is 5.89. The molecule has 0 saturated carbocycles. The fraction of sp³-hybridized carbons (Fsp3) is 1.00. The van der Waals surface area contributed by atoms with Crippen molar-refractivity contribution in [1.82, 2.24) is 9.80 Å². The molecule has 1 fully saturated rings. The van der Waals surface area contributed by atoms with Crippen LogP contribution in [0.2, 0.25) is 0 Å². The molecule has 0 aromatic heterocycles. The highest BCUT2D eigenvalue weighted by Crippen LogP contribution is 2.41. The van der Waals surface area contributed by atoms with Crippen LogP contribution in [-0.4, -0.2) is 81.6 Å². The van der Waals surface area contributed by atoms with Crippen molar-refractivity contribution < 1.29 is 35.7 Å². The van der Waals surface area contributed by atoms with Crippen LogP contribution in [-0.2, 0) is 0 Å². The molecule has 0 amide bonds. The first kappa shape index (κ1) is 16.7. The van der Waals surface area contributed by atoms with Gasteiger partial charge >= 0.3 is 11.8 Å². The molecule has 1 heterocycles. The molecule has 1 aliphatic rings. The molecule has 19 heavy (non-hydrogen) atoms. The van der Waals surface area contributed by atoms with E-state index < -0.39 is 36.0 Å². The van der Waals surface area contributed by atoms with E-state index in [0.717, 1.165) is 0 Å². The molecule has 7 N–H and O–H groups in total. The average Bonchev–Trinajstić information content (AvgIpc) is 2.12. The molecule has 0 spiro atoms. The molecule has 1 rings (SSSR count). The van der Waals surface area contributed by atoms with Crippen molar-refractivity contribution in [2.75, 3.05) is 0 Å². The molecule has 1 aliphatic heterocycles. The van der Waals surface area contributed by atoms with E-state index in [2.05, 4.69) is 0 Å². The largest absolute Gasteiger partial charge is 0.371 e. The van der Waals surface area contributed by atoms with Crippen LogP contribution in [0.15, 0.2) is 0 Å². The van der Waals surface area contributed by atoms with Gasteiger partial charge < -0.3 is 35.7 Å². The van der Waals surface area contributed by atoms with E-state index in [1.165, 1.54) is 27.7 Å². The summed E-state index contributed by atoms with van der Waals surface area (Å²) in [4.78, 5) is 0.579. The SMILES string of the molecule is CC(C)N1C(O)C(O)(O)N(C(C)C)C(O)(O)C1(O)O. The lowest BCUT2D eigenvalue weighted by Crippen LogP contribution is -2.87. The summed E-state index contributed by atoms with van der Waals surface area (Å²) >= 11 is 0. The van der Waals surface area contributed by atoms with Gasteiger partial charge in [-0.3, -0.25) is 0 Å². The molecule has 9 heteroatoms. The Morgan fingerprint density at radius 1 is 0.789 bits per heavy atom. The van der Waals surface area contributed by atoms with Gasteiger partial charge in [0.2, 0.25) is 0 Å². The number of hydrogen-bond donors (Lipinski definition) is 7. The van der Waals surface area contributed by atoms with Crippen LogP contribution < -0.4 is 0 Å². The summed E-state index contributed by atoms with van der Waals surface area (Å²) in [5.41, 5.74) is 0. The van der Waals surface area contributed by atoms with Gasteiger partial charge in [-0.15, -0.1) is 0 Å². The quantitative estimate of drug-likeness (QED) is 0.258. The Hall–Kier alpha value is -0.360. The number of aliphatic hydroxyl groups excluding tert-OH is 1. The molecule has 1 unspecified atom stereocenters. The maximum absolute atomic E-state index is 9.91. The number of hydrogen-bond acceptors (Lipinski definition) is 9. The zero-order valence-electron chi connectivity index (χ0n) is 11.3. The monoisotopic (exact) mass is 282 g/mol. The Balaban J connectivity index is 3.45. The molecule has 1 atom stereocenters. The fourth-order valence-corrected chi connectivity index (χ4v) is 2.43. The molecule has 1 saturated heterocycles. The van der Waals surface area contributed by atoms with Gasteiger partial charge in [-0.25, -0.2) is 4.90 Å². The summed E-state index contributed by atoms with van der Waals surface area (Å²) in [6, 6.07) is -1.75. The smallest absolute Gasteiger partial charge is 0.302 e. The topological polar surface area (TPSA) is 148 Å². The molecule has 114 valence electrons. The van der Waals surface area contributed by atoms with Crippen molar-refractivity contribution in [2.24, 2.45) is 0 Å². The summed E-state index contributed by atoms with van der Waals surface area (Å²) in [7, 11) is 0. The minimum absolute atomic E-state index is 0.198. The number of piperazine rings is 1. The molecule has 0 aliphatic carbocycles. The highest BCUT2D eigenvalue weighted by atomic mass is 16.7. The van der Waals surface area contributed by atoms with Crippen molar-refractivity contribution >= 4 is 0 Å². The van der Waals surface area contributed by atoms with Crippen LogP contribution in [0.1, 0.15) is 27.7 Å². The van der Waals surface area contributed by atoms with E-state index in [0.29, 0.717) is 4.90 Å². The van der Waals surface area contributed by atoms with E-state index in [1.54, 1.807) is 0 Å². The minimum atomic E-state index is -3.41. The normalized spacial score (nSPS) is 31.1. The number of nitrogens with zero attached hydrogens (tertiary/aromatic N) is 2. The van der Waals surface area contributed by atoms with Crippen molar-refractivity contribution in [1.29, 1.82) is 0 Å². The lowest BCUT2D eigenvalue weighted by molar-refractivity contribution is -0.564. The van der Waals surface area contributed by atoms with Gasteiger partial charge in [-0.1, -0.05) is 0 Å². The third kappa shape index (κ3) is 2.17. The second-order valence-electron chi connectivity index (χ2n) is 5.30. The molecule has 9 nitrogen and oxygen atoms in total. The number of aliphatic hydroxyl groups is 7. The van der Waals surface area contributed by atoms with Crippen molar-refractivity contribution in [3.63, 3.8) is 0 Å². The predicted octanol–water partition coefficient (Wildman–Crippen LogP) is -3.35. The third-order valence-electron chi connectivity index (χ3n) is 3.18. The first-order chi connectivity index (χ1) is 8.29. The molecule has 0 aromatic rings. The van der Waals surface area contributed by atoms with Crippen LogP contribution in [0.5, 0.6) is 0 Å². The van der Waals surface area contributed by atoms with Gasteiger partial charge in [0.25, 0.3) is 5.91 Å². The van der Waals surface area contributed by atoms with Crippen LogP contribution in [0, 0.1) is 0 Å². The standard InChI is InChI=1S/C10H22N2O7/c1-5(2)11-7(13)8(14,15)12(6(3)4)10(18,19)9(11,16)17/h5-7,13-19H,1-4H3. The minimum Gasteiger partial charge on any atom is -0.371 e. The lowest BCUT2D eigenvalue weighted by atomic mass is 10.0. The maximum Gasteiger partial charge on any atom is 0.302 e. The van der Waals surface area contributed by atoms with Gasteiger partial charge in [0.1, 0.15) is 0 Å². The van der Waals surface area contributed by atoms with Crippen LogP contribution in [0.4, 0.5) is 0 Å². The average molecular weight is 282 g/mol. The van der Waals surface area contributed by atoms with Gasteiger partial charge in [0.05, 0.1) is 0 Å². The molecular weight excluding hydrogens is 260 g/mol. The zero-order valence-corrected chi connectivity index (χ0v) is 11.3. The highest BCUT2D eigenvalue weighted by Gasteiger charge is 2.71. The summed E-state index contributed by atoms with van der Waals surface area (Å²) in [6.07, 6.45) is -2.17. The third-order valence-corrected chi connectivity index (χ3v) is 3.18. The van der Waals surface area contributed by atoms with Gasteiger partial charge in [-0.05, 0) is 27.7 Å². The van der Waals surface area contributed by atoms with Gasteiger partial charge in [-0.2, -0.15) is 4.90 Å². The fourth-order valence-electron chi connectivity index (χ4n) is 2.43. The Bertz CT molecular complexity index is 343. The van der Waals surface area contributed by atoms with Gasteiger partial charge in [0.15, 0.2) is 6.23 Å². The second-order valence-corrected chi connectivity index (χ2v) is 5.30. The summed E-state index contributed by atoms with van der Waals surface area (Å²) < 4.78 is 0. The van der Waals surface area contributed by atoms with Crippen molar-refractivity contribution in [2.45, 2.75) is 63.7 Å². The molecule has 0 radical (unpaired) electrons. The van der Waals surface area contributed by atoms with E-state index in [1.807, 2.05) is 0 Å². The zero-order chi connectivity index (χ0) is 15.4. The second kappa shape index (κ2) is 4.58. The van der Waals surface area contributed by atoms with E-state index in [4.69, 9.17) is 0 Å². The molecule has 0 bridgehead atoms. The highest BCUT2D eigenvalue weighted by molar-refractivity contribution is 4.99. The van der Waals surface area contributed by atoms with Crippen molar-refractivity contribution in [3.8, 4) is 0 Å².